The summed E-state index contributed by atoms with van der Waals surface area (Å²) in [5.74, 6) is -0.243. The number of rotatable bonds is 5. The second-order valence-electron chi connectivity index (χ2n) is 8.79. The van der Waals surface area contributed by atoms with Crippen LogP contribution in [0, 0.1) is 22.7 Å². The number of hydrogen-bond acceptors (Lipinski definition) is 8. The van der Waals surface area contributed by atoms with E-state index in [2.05, 4.69) is 5.10 Å². The quantitative estimate of drug-likeness (QED) is 0.327. The Kier molecular flexibility index (Phi) is 6.78. The average Bonchev–Trinajstić information content (AvgIpc) is 2.97. The predicted octanol–water partition coefficient (Wildman–Crippen LogP) is 2.69. The Bertz CT molecular complexity index is 2120. The Hall–Kier alpha value is -5.82. The molecule has 0 saturated carbocycles. The Balaban J connectivity index is 1.62. The summed E-state index contributed by atoms with van der Waals surface area (Å²) in [5, 5.41) is 29.5. The summed E-state index contributed by atoms with van der Waals surface area (Å²) >= 11 is 0. The number of anilines is 1. The van der Waals surface area contributed by atoms with Crippen LogP contribution in [-0.4, -0.2) is 22.8 Å². The van der Waals surface area contributed by atoms with E-state index in [0.29, 0.717) is 16.9 Å². The van der Waals surface area contributed by atoms with E-state index in [1.807, 2.05) is 42.5 Å². The van der Waals surface area contributed by atoms with Crippen LogP contribution in [0.15, 0.2) is 105 Å². The van der Waals surface area contributed by atoms with E-state index in [1.165, 1.54) is 35.0 Å². The van der Waals surface area contributed by atoms with Crippen LogP contribution in [0.3, 0.4) is 0 Å². The highest BCUT2D eigenvalue weighted by Gasteiger charge is 2.23. The lowest BCUT2D eigenvalue weighted by Crippen LogP contribution is -2.26. The molecule has 0 aliphatic carbocycles. The summed E-state index contributed by atoms with van der Waals surface area (Å²) in [5.41, 5.74) is 6.94. The van der Waals surface area contributed by atoms with Crippen LogP contribution >= 0.6 is 0 Å². The van der Waals surface area contributed by atoms with Gasteiger partial charge in [0, 0.05) is 17.2 Å². The number of benzene rings is 3. The number of nitrogens with zero attached hydrogens (tertiary/aromatic N) is 5. The molecule has 0 bridgehead atoms. The minimum absolute atomic E-state index is 0.0276. The van der Waals surface area contributed by atoms with Crippen molar-refractivity contribution in [1.29, 1.82) is 10.5 Å². The van der Waals surface area contributed by atoms with Crippen molar-refractivity contribution >= 4 is 15.8 Å². The first-order chi connectivity index (χ1) is 19.6. The molecule has 3 aromatic carbocycles. The second-order valence-corrected chi connectivity index (χ2v) is 10.4. The first-order valence-electron chi connectivity index (χ1n) is 11.9. The third-order valence-corrected chi connectivity index (χ3v) is 7.26. The Morgan fingerprint density at radius 1 is 0.732 bits per heavy atom. The maximum atomic E-state index is 13.4. The molecule has 11 nitrogen and oxygen atoms in total. The second kappa shape index (κ2) is 10.4. The van der Waals surface area contributed by atoms with Gasteiger partial charge in [0.25, 0.3) is 11.1 Å². The first kappa shape index (κ1) is 26.8. The molecule has 0 amide bonds. The molecule has 200 valence electrons. The van der Waals surface area contributed by atoms with E-state index in [0.717, 1.165) is 10.1 Å². The van der Waals surface area contributed by atoms with Gasteiger partial charge in [0.15, 0.2) is 0 Å². The molecule has 0 spiro atoms. The summed E-state index contributed by atoms with van der Waals surface area (Å²) in [6.07, 6.45) is 0. The number of nitrogens with two attached hydrogens (primary N) is 2. The van der Waals surface area contributed by atoms with E-state index in [4.69, 9.17) is 10.9 Å². The molecule has 41 heavy (non-hydrogen) atoms. The summed E-state index contributed by atoms with van der Waals surface area (Å²) < 4.78 is 25.4. The van der Waals surface area contributed by atoms with E-state index < -0.39 is 15.6 Å². The van der Waals surface area contributed by atoms with Gasteiger partial charge in [-0.25, -0.2) is 13.6 Å². The van der Waals surface area contributed by atoms with E-state index >= 15 is 0 Å². The number of sulfonamides is 1. The van der Waals surface area contributed by atoms with Crippen molar-refractivity contribution < 1.29 is 8.42 Å². The zero-order valence-corrected chi connectivity index (χ0v) is 21.9. The topological polar surface area (TPSA) is 191 Å². The van der Waals surface area contributed by atoms with Crippen molar-refractivity contribution in [3.05, 3.63) is 123 Å². The van der Waals surface area contributed by atoms with Gasteiger partial charge >= 0.3 is 0 Å². The first-order valence-corrected chi connectivity index (χ1v) is 13.5. The summed E-state index contributed by atoms with van der Waals surface area (Å²) in [7, 11) is -3.98. The Labute approximate surface area is 233 Å². The maximum Gasteiger partial charge on any atom is 0.275 e. The van der Waals surface area contributed by atoms with Crippen molar-refractivity contribution in [2.75, 3.05) is 5.73 Å². The fourth-order valence-electron chi connectivity index (χ4n) is 4.37. The van der Waals surface area contributed by atoms with Crippen LogP contribution in [0.4, 0.5) is 5.82 Å². The molecule has 0 saturated heterocycles. The van der Waals surface area contributed by atoms with Gasteiger partial charge in [-0.3, -0.25) is 14.2 Å². The van der Waals surface area contributed by atoms with Crippen LogP contribution in [0.1, 0.15) is 11.1 Å². The van der Waals surface area contributed by atoms with Gasteiger partial charge in [-0.15, -0.1) is 0 Å². The molecule has 0 fully saturated rings. The molecule has 0 atom stereocenters. The lowest BCUT2D eigenvalue weighted by molar-refractivity contribution is 0.598. The molecule has 0 aliphatic rings. The molecule has 4 N–H and O–H groups in total. The number of primary sulfonamides is 1. The van der Waals surface area contributed by atoms with E-state index in [1.54, 1.807) is 30.3 Å². The number of nitrogen functional groups attached to an aromatic ring is 1. The van der Waals surface area contributed by atoms with Crippen LogP contribution < -0.4 is 22.0 Å². The van der Waals surface area contributed by atoms with Crippen LogP contribution in [0.25, 0.3) is 33.8 Å². The van der Waals surface area contributed by atoms with E-state index in [9.17, 15) is 28.5 Å². The van der Waals surface area contributed by atoms with Crippen molar-refractivity contribution in [2.45, 2.75) is 4.90 Å². The molecule has 12 heteroatoms. The molecular formula is C29H19N7O4S. The standard InChI is InChI=1S/C29H19N7O4S/c30-16-23-27(24(17-31)29(38)35(28(23)32)20-10-12-22(13-11-20)41(33,39)40)19-6-8-21(9-7-19)36-26(37)15-14-25(34-36)18-4-2-1-3-5-18/h1-15H,32H2,(H2,33,39,40). The van der Waals surface area contributed by atoms with Crippen molar-refractivity contribution in [1.82, 2.24) is 14.3 Å². The van der Waals surface area contributed by atoms with Gasteiger partial charge in [-0.05, 0) is 48.0 Å². The summed E-state index contributed by atoms with van der Waals surface area (Å²) in [6, 6.07) is 27.4. The number of aromatic nitrogens is 3. The number of pyridine rings is 1. The normalized spacial score (nSPS) is 11.0. The number of nitriles is 2. The largest absolute Gasteiger partial charge is 0.384 e. The van der Waals surface area contributed by atoms with Gasteiger partial charge < -0.3 is 5.73 Å². The van der Waals surface area contributed by atoms with Gasteiger partial charge in [-0.2, -0.15) is 20.3 Å². The van der Waals surface area contributed by atoms with Crippen LogP contribution in [0.5, 0.6) is 0 Å². The molecule has 5 rings (SSSR count). The van der Waals surface area contributed by atoms with Gasteiger partial charge in [0.05, 0.1) is 22.0 Å². The molecule has 0 unspecified atom stereocenters. The van der Waals surface area contributed by atoms with Gasteiger partial charge in [0.1, 0.15) is 29.1 Å². The minimum atomic E-state index is -3.98. The molecular weight excluding hydrogens is 542 g/mol. The predicted molar refractivity (Wildman–Crippen MR) is 152 cm³/mol. The Morgan fingerprint density at radius 2 is 1.34 bits per heavy atom. The molecule has 2 aromatic heterocycles. The summed E-state index contributed by atoms with van der Waals surface area (Å²) in [6.45, 7) is 0. The Morgan fingerprint density at radius 3 is 1.93 bits per heavy atom. The number of hydrogen-bond donors (Lipinski definition) is 2. The van der Waals surface area contributed by atoms with Crippen molar-refractivity contribution in [3.8, 4) is 45.9 Å². The van der Waals surface area contributed by atoms with Crippen LogP contribution in [-0.2, 0) is 10.0 Å². The highest BCUT2D eigenvalue weighted by atomic mass is 32.2. The smallest absolute Gasteiger partial charge is 0.275 e. The molecule has 0 aliphatic heterocycles. The maximum absolute atomic E-state index is 13.4. The monoisotopic (exact) mass is 561 g/mol. The lowest BCUT2D eigenvalue weighted by atomic mass is 9.96. The van der Waals surface area contributed by atoms with Gasteiger partial charge in [0.2, 0.25) is 10.0 Å². The zero-order valence-electron chi connectivity index (χ0n) is 21.1. The highest BCUT2D eigenvalue weighted by molar-refractivity contribution is 7.89. The highest BCUT2D eigenvalue weighted by Crippen LogP contribution is 2.31. The molecule has 5 aromatic rings. The zero-order chi connectivity index (χ0) is 29.3. The third-order valence-electron chi connectivity index (χ3n) is 6.33. The average molecular weight is 562 g/mol. The van der Waals surface area contributed by atoms with Gasteiger partial charge in [-0.1, -0.05) is 42.5 Å². The SMILES string of the molecule is N#Cc1c(-c2ccc(-n3nc(-c4ccccc4)ccc3=O)cc2)c(C#N)c(=O)n(-c2ccc(S(N)(=O)=O)cc2)c1N. The molecule has 0 radical (unpaired) electrons. The van der Waals surface area contributed by atoms with Crippen LogP contribution in [0.2, 0.25) is 0 Å². The minimum Gasteiger partial charge on any atom is -0.384 e. The fraction of sp³-hybridized carbons (Fsp3) is 0. The van der Waals surface area contributed by atoms with E-state index in [-0.39, 0.29) is 38.7 Å². The lowest BCUT2D eigenvalue weighted by Gasteiger charge is -2.16. The third kappa shape index (κ3) is 4.88. The summed E-state index contributed by atoms with van der Waals surface area (Å²) in [4.78, 5) is 25.8. The van der Waals surface area contributed by atoms with Crippen molar-refractivity contribution in [3.63, 3.8) is 0 Å². The molecule has 2 heterocycles. The fourth-order valence-corrected chi connectivity index (χ4v) is 4.88. The van der Waals surface area contributed by atoms with Crippen molar-refractivity contribution in [2.24, 2.45) is 5.14 Å².